The van der Waals surface area contributed by atoms with Crippen LogP contribution in [0.4, 0.5) is 0 Å². The third-order valence-electron chi connectivity index (χ3n) is 10.6. The van der Waals surface area contributed by atoms with Crippen LogP contribution in [0, 0.1) is 0 Å². The van der Waals surface area contributed by atoms with Gasteiger partial charge in [0.2, 0.25) is 0 Å². The average Bonchev–Trinajstić information content (AvgIpc) is 3.62. The van der Waals surface area contributed by atoms with Gasteiger partial charge in [0.1, 0.15) is 0 Å². The Kier molecular flexibility index (Phi) is 6.43. The molecule has 2 nitrogen and oxygen atoms in total. The fourth-order valence-electron chi connectivity index (χ4n) is 8.04. The Balaban J connectivity index is 1.35. The van der Waals surface area contributed by atoms with E-state index in [0.717, 1.165) is 11.5 Å². The molecule has 0 saturated heterocycles. The van der Waals surface area contributed by atoms with E-state index in [9.17, 15) is 0 Å². The van der Waals surface area contributed by atoms with E-state index >= 15 is 0 Å². The van der Waals surface area contributed by atoms with Crippen LogP contribution in [-0.4, -0.2) is 17.5 Å². The number of fused-ring (bicyclic) bond motifs is 2. The van der Waals surface area contributed by atoms with Crippen LogP contribution in [0.1, 0.15) is 48.9 Å². The summed E-state index contributed by atoms with van der Waals surface area (Å²) in [6, 6.07) is 31.0. The van der Waals surface area contributed by atoms with E-state index in [2.05, 4.69) is 119 Å². The van der Waals surface area contributed by atoms with Gasteiger partial charge in [-0.3, -0.25) is 0 Å². The predicted octanol–water partition coefficient (Wildman–Crippen LogP) is 10.0. The van der Waals surface area contributed by atoms with Crippen LogP contribution in [0.3, 0.4) is 0 Å². The number of rotatable bonds is 6. The number of hydrogen-bond donors (Lipinski definition) is 0. The molecule has 4 aromatic rings. The van der Waals surface area contributed by atoms with Crippen molar-refractivity contribution in [1.82, 2.24) is 0 Å². The monoisotopic (exact) mass is 706 g/mol. The summed E-state index contributed by atoms with van der Waals surface area (Å²) in [6.45, 7) is 0. The van der Waals surface area contributed by atoms with Crippen molar-refractivity contribution in [1.29, 1.82) is 0 Å². The maximum atomic E-state index is 5.43. The summed E-state index contributed by atoms with van der Waals surface area (Å²) >= 11 is -3.86. The number of hydrogen-bond acceptors (Lipinski definition) is 2. The van der Waals surface area contributed by atoms with Crippen molar-refractivity contribution in [3.8, 4) is 33.8 Å². The fraction of sp³-hybridized carbons (Fsp3) is 0.237. The van der Waals surface area contributed by atoms with Crippen LogP contribution in [0.2, 0.25) is 9.36 Å². The van der Waals surface area contributed by atoms with Gasteiger partial charge in [0.05, 0.1) is 0 Å². The second kappa shape index (κ2) is 9.91. The van der Waals surface area contributed by atoms with Crippen molar-refractivity contribution < 1.29 is 27.5 Å². The van der Waals surface area contributed by atoms with Crippen LogP contribution in [0.5, 0.6) is 11.5 Å². The first-order valence-corrected chi connectivity index (χ1v) is 28.0. The average molecular weight is 705 g/mol. The van der Waals surface area contributed by atoms with E-state index in [0.29, 0.717) is 7.35 Å². The number of ether oxygens (including phenoxy) is 2. The van der Waals surface area contributed by atoms with Crippen LogP contribution in [0.25, 0.3) is 34.4 Å². The van der Waals surface area contributed by atoms with Crippen molar-refractivity contribution in [2.75, 3.05) is 14.2 Å². The van der Waals surface area contributed by atoms with Gasteiger partial charge in [0, 0.05) is 0 Å². The zero-order valence-electron chi connectivity index (χ0n) is 24.5. The first kappa shape index (κ1) is 26.6. The first-order chi connectivity index (χ1) is 19.9. The molecule has 7 rings (SSSR count). The molecule has 2 atom stereocenters. The number of allylic oxidation sites excluding steroid dienone is 2. The van der Waals surface area contributed by atoms with E-state index in [1.54, 1.807) is 14.2 Å². The summed E-state index contributed by atoms with van der Waals surface area (Å²) in [5.41, 5.74) is 11.0. The Hall–Kier alpha value is -3.30. The molecule has 0 heterocycles. The molecule has 0 spiro atoms. The van der Waals surface area contributed by atoms with E-state index in [1.165, 1.54) is 63.8 Å². The van der Waals surface area contributed by atoms with Crippen molar-refractivity contribution >= 4 is 15.4 Å². The van der Waals surface area contributed by atoms with E-state index in [-0.39, 0.29) is 0 Å². The van der Waals surface area contributed by atoms with E-state index in [4.69, 9.17) is 9.47 Å². The summed E-state index contributed by atoms with van der Waals surface area (Å²) in [7, 11) is 3.45. The molecule has 2 unspecified atom stereocenters. The molecular weight excluding hydrogens is 667 g/mol. The Morgan fingerprint density at radius 3 is 1.39 bits per heavy atom. The van der Waals surface area contributed by atoms with Gasteiger partial charge in [0.25, 0.3) is 0 Å². The van der Waals surface area contributed by atoms with Gasteiger partial charge in [-0.25, -0.2) is 0 Å². The zero-order valence-corrected chi connectivity index (χ0v) is 28.1. The minimum atomic E-state index is -3.86. The van der Waals surface area contributed by atoms with Crippen LogP contribution >= 0.6 is 0 Å². The topological polar surface area (TPSA) is 18.5 Å². The molecule has 1 fully saturated rings. The normalized spacial score (nSPS) is 19.1. The van der Waals surface area contributed by atoms with Gasteiger partial charge < -0.3 is 0 Å². The van der Waals surface area contributed by atoms with E-state index in [1.807, 2.05) is 3.26 Å². The standard InChI is InChI=1S/2C16H13O.C4H6.2CH3.Hf/c2*1-17-14-10-8-13(9-11-14)16-7-3-5-12-4-2-6-15(12)16;1-2-4-3-1;;;/h2*2-11H,1H3;1-3H2;2*1H3;. The molecule has 1 saturated carbocycles. The molecule has 206 valence electrons. The molecule has 0 aromatic heterocycles. The number of benzene rings is 4. The molecule has 0 aliphatic heterocycles. The van der Waals surface area contributed by atoms with Gasteiger partial charge in [-0.15, -0.1) is 0 Å². The SMILES string of the molecule is COc1ccc(-c2cccc3c2C=C[CH]3[Hf]([CH3])([CH3])(=[C]2CCC2)[CH]2C=Cc3c(-c4ccc(OC)cc4)cccc32)cc1. The predicted molar refractivity (Wildman–Crippen MR) is 171 cm³/mol. The Morgan fingerprint density at radius 1 is 0.585 bits per heavy atom. The zero-order chi connectivity index (χ0) is 28.2. The summed E-state index contributed by atoms with van der Waals surface area (Å²) < 4.78 is 19.3. The summed E-state index contributed by atoms with van der Waals surface area (Å²) in [6.07, 6.45) is 14.0. The van der Waals surface area contributed by atoms with Crippen molar-refractivity contribution in [2.45, 2.75) is 36.0 Å². The maximum absolute atomic E-state index is 5.43. The van der Waals surface area contributed by atoms with Gasteiger partial charge >= 0.3 is 246 Å². The van der Waals surface area contributed by atoms with Gasteiger partial charge in [-0.05, 0) is 0 Å². The molecule has 3 aliphatic rings. The summed E-state index contributed by atoms with van der Waals surface area (Å²) in [5.74, 6) is 1.79. The minimum absolute atomic E-state index is 0.501. The third-order valence-corrected chi connectivity index (χ3v) is 37.8. The molecule has 0 radical (unpaired) electrons. The van der Waals surface area contributed by atoms with Gasteiger partial charge in [-0.2, -0.15) is 0 Å². The Morgan fingerprint density at radius 2 is 1.02 bits per heavy atom. The van der Waals surface area contributed by atoms with Crippen LogP contribution in [0.15, 0.2) is 97.1 Å². The van der Waals surface area contributed by atoms with E-state index < -0.39 is 18.0 Å². The van der Waals surface area contributed by atoms with Gasteiger partial charge in [-0.1, -0.05) is 0 Å². The first-order valence-electron chi connectivity index (χ1n) is 14.9. The molecular formula is C38H38HfO2. The summed E-state index contributed by atoms with van der Waals surface area (Å²) in [4.78, 5) is 0. The quantitative estimate of drug-likeness (QED) is 0.186. The summed E-state index contributed by atoms with van der Waals surface area (Å²) in [5, 5.41) is 0. The molecule has 3 heteroatoms. The molecule has 3 aliphatic carbocycles. The van der Waals surface area contributed by atoms with Gasteiger partial charge in [0.15, 0.2) is 0 Å². The third kappa shape index (κ3) is 4.03. The molecule has 0 N–H and O–H groups in total. The second-order valence-electron chi connectivity index (χ2n) is 12.8. The molecule has 4 aromatic carbocycles. The van der Waals surface area contributed by atoms with Crippen molar-refractivity contribution in [3.63, 3.8) is 0 Å². The Labute approximate surface area is 244 Å². The van der Waals surface area contributed by atoms with Crippen LogP contribution in [-0.2, 0) is 18.0 Å². The van der Waals surface area contributed by atoms with Crippen molar-refractivity contribution in [2.24, 2.45) is 0 Å². The van der Waals surface area contributed by atoms with Crippen molar-refractivity contribution in [3.05, 3.63) is 119 Å². The molecule has 0 amide bonds. The molecule has 0 bridgehead atoms. The fourth-order valence-corrected chi connectivity index (χ4v) is 33.2. The number of methoxy groups -OCH3 is 2. The van der Waals surface area contributed by atoms with Crippen LogP contribution < -0.4 is 9.47 Å². The second-order valence-corrected chi connectivity index (χ2v) is 38.6. The Bertz CT molecular complexity index is 1660. The molecule has 41 heavy (non-hydrogen) atoms.